The number of rotatable bonds is 4. The van der Waals surface area contributed by atoms with E-state index in [0.717, 1.165) is 21.5 Å². The van der Waals surface area contributed by atoms with Gasteiger partial charge in [-0.1, -0.05) is 12.1 Å². The van der Waals surface area contributed by atoms with Crippen LogP contribution in [0.3, 0.4) is 0 Å². The van der Waals surface area contributed by atoms with Gasteiger partial charge < -0.3 is 10.1 Å². The zero-order chi connectivity index (χ0) is 14.5. The van der Waals surface area contributed by atoms with Crippen molar-refractivity contribution in [3.8, 4) is 0 Å². The van der Waals surface area contributed by atoms with Crippen LogP contribution >= 0.6 is 15.9 Å². The lowest BCUT2D eigenvalue weighted by Gasteiger charge is -2.09. The van der Waals surface area contributed by atoms with Gasteiger partial charge in [0, 0.05) is 6.54 Å². The van der Waals surface area contributed by atoms with Crippen LogP contribution in [0.4, 0.5) is 5.69 Å². The van der Waals surface area contributed by atoms with E-state index < -0.39 is 0 Å². The summed E-state index contributed by atoms with van der Waals surface area (Å²) in [5.74, 6) is -0.322. The third-order valence-corrected chi connectivity index (χ3v) is 3.35. The lowest BCUT2D eigenvalue weighted by atomic mass is 10.1. The van der Waals surface area contributed by atoms with Crippen molar-refractivity contribution in [3.63, 3.8) is 0 Å². The van der Waals surface area contributed by atoms with Gasteiger partial charge in [0.05, 0.1) is 24.1 Å². The number of aromatic nitrogens is 1. The lowest BCUT2D eigenvalue weighted by Crippen LogP contribution is -2.04. The molecule has 1 aromatic carbocycles. The Balaban J connectivity index is 2.02. The number of halogens is 1. The van der Waals surface area contributed by atoms with E-state index in [-0.39, 0.29) is 5.97 Å². The normalized spacial score (nSPS) is 10.2. The number of benzene rings is 1. The number of pyridine rings is 1. The van der Waals surface area contributed by atoms with Gasteiger partial charge in [0.15, 0.2) is 0 Å². The molecule has 2 aromatic rings. The molecule has 2 rings (SSSR count). The van der Waals surface area contributed by atoms with Crippen LogP contribution in [-0.4, -0.2) is 18.1 Å². The second-order valence-corrected chi connectivity index (χ2v) is 5.12. The summed E-state index contributed by atoms with van der Waals surface area (Å²) in [6, 6.07) is 11.2. The number of nitrogens with one attached hydrogen (secondary N) is 1. The van der Waals surface area contributed by atoms with Crippen LogP contribution < -0.4 is 5.32 Å². The van der Waals surface area contributed by atoms with Crippen molar-refractivity contribution in [1.29, 1.82) is 0 Å². The topological polar surface area (TPSA) is 51.2 Å². The Hall–Kier alpha value is -1.88. The second-order valence-electron chi connectivity index (χ2n) is 4.31. The van der Waals surface area contributed by atoms with Gasteiger partial charge in [-0.2, -0.15) is 0 Å². The Morgan fingerprint density at radius 3 is 2.55 bits per heavy atom. The van der Waals surface area contributed by atoms with Crippen LogP contribution in [0, 0.1) is 6.92 Å². The van der Waals surface area contributed by atoms with Crippen molar-refractivity contribution in [2.24, 2.45) is 0 Å². The maximum atomic E-state index is 11.3. The molecule has 0 amide bonds. The summed E-state index contributed by atoms with van der Waals surface area (Å²) in [6.45, 7) is 2.62. The summed E-state index contributed by atoms with van der Waals surface area (Å²) in [6.07, 6.45) is 0. The molecule has 0 saturated carbocycles. The highest BCUT2D eigenvalue weighted by Crippen LogP contribution is 2.17. The van der Waals surface area contributed by atoms with Crippen molar-refractivity contribution >= 4 is 27.6 Å². The number of ether oxygens (including phenoxy) is 1. The highest BCUT2D eigenvalue weighted by atomic mass is 79.9. The molecular formula is C15H15BrN2O2. The van der Waals surface area contributed by atoms with Crippen molar-refractivity contribution in [3.05, 3.63) is 57.8 Å². The minimum Gasteiger partial charge on any atom is -0.465 e. The number of esters is 1. The molecule has 0 bridgehead atoms. The Bertz CT molecular complexity index is 612. The molecule has 0 aliphatic carbocycles. The zero-order valence-corrected chi connectivity index (χ0v) is 12.9. The number of hydrogen-bond donors (Lipinski definition) is 1. The molecule has 0 fully saturated rings. The average Bonchev–Trinajstić information content (AvgIpc) is 2.46. The first-order valence-corrected chi connectivity index (χ1v) is 6.93. The fourth-order valence-corrected chi connectivity index (χ4v) is 2.19. The van der Waals surface area contributed by atoms with Gasteiger partial charge in [0.25, 0.3) is 0 Å². The predicted molar refractivity (Wildman–Crippen MR) is 81.8 cm³/mol. The van der Waals surface area contributed by atoms with E-state index >= 15 is 0 Å². The van der Waals surface area contributed by atoms with E-state index in [1.807, 2.05) is 31.2 Å². The summed E-state index contributed by atoms with van der Waals surface area (Å²) >= 11 is 3.34. The minimum absolute atomic E-state index is 0.322. The average molecular weight is 335 g/mol. The third-order valence-electron chi connectivity index (χ3n) is 2.91. The lowest BCUT2D eigenvalue weighted by molar-refractivity contribution is 0.0600. The number of carbonyl (C=O) groups is 1. The van der Waals surface area contributed by atoms with Crippen molar-refractivity contribution in [1.82, 2.24) is 4.98 Å². The Kier molecular flexibility index (Phi) is 4.74. The summed E-state index contributed by atoms with van der Waals surface area (Å²) in [5.41, 5.74) is 3.56. The van der Waals surface area contributed by atoms with Crippen molar-refractivity contribution in [2.75, 3.05) is 12.4 Å². The number of methoxy groups -OCH3 is 1. The molecular weight excluding hydrogens is 320 g/mol. The van der Waals surface area contributed by atoms with Crippen LogP contribution in [0.1, 0.15) is 21.6 Å². The smallest absolute Gasteiger partial charge is 0.337 e. The van der Waals surface area contributed by atoms with Gasteiger partial charge in [0.2, 0.25) is 0 Å². The molecule has 5 heteroatoms. The zero-order valence-electron chi connectivity index (χ0n) is 11.3. The standard InChI is InChI=1S/C15H15BrN2O2/c1-10-13(7-8-14(16)18-10)17-9-11-3-5-12(6-4-11)15(19)20-2/h3-8,17H,9H2,1-2H3. The first-order valence-electron chi connectivity index (χ1n) is 6.14. The van der Waals surface area contributed by atoms with E-state index in [0.29, 0.717) is 12.1 Å². The molecule has 20 heavy (non-hydrogen) atoms. The highest BCUT2D eigenvalue weighted by molar-refractivity contribution is 9.10. The minimum atomic E-state index is -0.322. The molecule has 0 aliphatic rings. The highest BCUT2D eigenvalue weighted by Gasteiger charge is 2.05. The number of hydrogen-bond acceptors (Lipinski definition) is 4. The van der Waals surface area contributed by atoms with Crippen LogP contribution in [-0.2, 0) is 11.3 Å². The maximum absolute atomic E-state index is 11.3. The number of aryl methyl sites for hydroxylation is 1. The van der Waals surface area contributed by atoms with Gasteiger partial charge >= 0.3 is 5.97 Å². The maximum Gasteiger partial charge on any atom is 0.337 e. The monoisotopic (exact) mass is 334 g/mol. The SMILES string of the molecule is COC(=O)c1ccc(CNc2ccc(Br)nc2C)cc1. The van der Waals surface area contributed by atoms with Gasteiger partial charge in [-0.25, -0.2) is 9.78 Å². The number of anilines is 1. The van der Waals surface area contributed by atoms with E-state index in [1.54, 1.807) is 12.1 Å². The molecule has 0 radical (unpaired) electrons. The van der Waals surface area contributed by atoms with Crippen LogP contribution in [0.5, 0.6) is 0 Å². The molecule has 0 spiro atoms. The molecule has 1 aromatic heterocycles. The van der Waals surface area contributed by atoms with E-state index in [1.165, 1.54) is 7.11 Å². The first-order chi connectivity index (χ1) is 9.60. The predicted octanol–water partition coefficient (Wildman–Crippen LogP) is 3.55. The fraction of sp³-hybridized carbons (Fsp3) is 0.200. The summed E-state index contributed by atoms with van der Waals surface area (Å²) in [4.78, 5) is 15.7. The second kappa shape index (κ2) is 6.52. The molecule has 1 N–H and O–H groups in total. The summed E-state index contributed by atoms with van der Waals surface area (Å²) < 4.78 is 5.49. The number of nitrogens with zero attached hydrogens (tertiary/aromatic N) is 1. The van der Waals surface area contributed by atoms with E-state index in [2.05, 4.69) is 31.0 Å². The molecule has 0 aliphatic heterocycles. The molecule has 0 saturated heterocycles. The van der Waals surface area contributed by atoms with E-state index in [4.69, 9.17) is 0 Å². The Labute approximate surface area is 126 Å². The third kappa shape index (κ3) is 3.57. The summed E-state index contributed by atoms with van der Waals surface area (Å²) in [7, 11) is 1.38. The van der Waals surface area contributed by atoms with Crippen molar-refractivity contribution < 1.29 is 9.53 Å². The Morgan fingerprint density at radius 2 is 1.95 bits per heavy atom. The largest absolute Gasteiger partial charge is 0.465 e. The molecule has 0 atom stereocenters. The van der Waals surface area contributed by atoms with Gasteiger partial charge in [-0.3, -0.25) is 0 Å². The first kappa shape index (κ1) is 14.5. The molecule has 0 unspecified atom stereocenters. The van der Waals surface area contributed by atoms with Crippen LogP contribution in [0.25, 0.3) is 0 Å². The van der Waals surface area contributed by atoms with Crippen LogP contribution in [0.2, 0.25) is 0 Å². The quantitative estimate of drug-likeness (QED) is 0.686. The van der Waals surface area contributed by atoms with E-state index in [9.17, 15) is 4.79 Å². The van der Waals surface area contributed by atoms with Gasteiger partial charge in [-0.15, -0.1) is 0 Å². The van der Waals surface area contributed by atoms with Gasteiger partial charge in [-0.05, 0) is 52.7 Å². The van der Waals surface area contributed by atoms with Gasteiger partial charge in [0.1, 0.15) is 4.60 Å². The molecule has 1 heterocycles. The summed E-state index contributed by atoms with van der Waals surface area (Å²) in [5, 5.41) is 3.32. The molecule has 4 nitrogen and oxygen atoms in total. The number of carbonyl (C=O) groups excluding carboxylic acids is 1. The van der Waals surface area contributed by atoms with Crippen LogP contribution in [0.15, 0.2) is 41.0 Å². The van der Waals surface area contributed by atoms with Crippen molar-refractivity contribution in [2.45, 2.75) is 13.5 Å². The molecule has 104 valence electrons. The fourth-order valence-electron chi connectivity index (χ4n) is 1.79. The Morgan fingerprint density at radius 1 is 1.25 bits per heavy atom.